The van der Waals surface area contributed by atoms with Gasteiger partial charge in [-0.2, -0.15) is 0 Å². The molecule has 0 atom stereocenters. The van der Waals surface area contributed by atoms with Crippen molar-refractivity contribution in [2.45, 2.75) is 39.8 Å². The Kier molecular flexibility index (Phi) is 6.27. The van der Waals surface area contributed by atoms with Gasteiger partial charge in [0.15, 0.2) is 0 Å². The maximum atomic E-state index is 14.4. The first kappa shape index (κ1) is 21.2. The SMILES string of the molecule is CCn1cc(C(=O)O)c(=O)c2c(NCCNC(=O)OC(C)(C)C)ccc(F)c21. The lowest BCUT2D eigenvalue weighted by molar-refractivity contribution is 0.0529. The Morgan fingerprint density at radius 1 is 1.25 bits per heavy atom. The molecule has 8 nitrogen and oxygen atoms in total. The highest BCUT2D eigenvalue weighted by Crippen LogP contribution is 2.24. The lowest BCUT2D eigenvalue weighted by Crippen LogP contribution is -2.35. The molecule has 0 fully saturated rings. The number of pyridine rings is 1. The van der Waals surface area contributed by atoms with Gasteiger partial charge >= 0.3 is 12.1 Å². The standard InChI is InChI=1S/C19H24FN3O5/c1-5-23-10-11(17(25)26)16(24)14-13(7-6-12(20)15(14)23)21-8-9-22-18(27)28-19(2,3)4/h6-7,10,21H,5,8-9H2,1-4H3,(H,22,27)(H,25,26). The first-order valence-electron chi connectivity index (χ1n) is 8.84. The summed E-state index contributed by atoms with van der Waals surface area (Å²) in [7, 11) is 0. The van der Waals surface area contributed by atoms with Crippen LogP contribution in [0.2, 0.25) is 0 Å². The van der Waals surface area contributed by atoms with Crippen molar-refractivity contribution in [1.82, 2.24) is 9.88 Å². The predicted octanol–water partition coefficient (Wildman–Crippen LogP) is 2.80. The molecular formula is C19H24FN3O5. The minimum absolute atomic E-state index is 0.0302. The third kappa shape index (κ3) is 4.79. The number of carbonyl (C=O) groups excluding carboxylic acids is 1. The number of nitrogens with one attached hydrogen (secondary N) is 2. The van der Waals surface area contributed by atoms with E-state index in [9.17, 15) is 23.9 Å². The normalized spacial score (nSPS) is 11.3. The molecule has 2 aromatic rings. The molecule has 0 radical (unpaired) electrons. The number of hydrogen-bond acceptors (Lipinski definition) is 5. The molecule has 1 aromatic heterocycles. The van der Waals surface area contributed by atoms with Crippen molar-refractivity contribution < 1.29 is 23.8 Å². The monoisotopic (exact) mass is 393 g/mol. The van der Waals surface area contributed by atoms with Crippen LogP contribution in [0.4, 0.5) is 14.9 Å². The average molecular weight is 393 g/mol. The van der Waals surface area contributed by atoms with Gasteiger partial charge in [-0.3, -0.25) is 4.79 Å². The summed E-state index contributed by atoms with van der Waals surface area (Å²) in [5.41, 5.74) is -1.51. The van der Waals surface area contributed by atoms with Crippen LogP contribution in [-0.2, 0) is 11.3 Å². The number of amides is 1. The highest BCUT2D eigenvalue weighted by atomic mass is 19.1. The minimum Gasteiger partial charge on any atom is -0.477 e. The van der Waals surface area contributed by atoms with Crippen LogP contribution in [0.5, 0.6) is 0 Å². The Morgan fingerprint density at radius 3 is 2.50 bits per heavy atom. The van der Waals surface area contributed by atoms with Crippen LogP contribution in [0.25, 0.3) is 10.9 Å². The molecule has 9 heteroatoms. The lowest BCUT2D eigenvalue weighted by Gasteiger charge is -2.20. The number of rotatable bonds is 6. The molecule has 0 aliphatic carbocycles. The third-order valence-corrected chi connectivity index (χ3v) is 3.85. The number of hydrogen-bond donors (Lipinski definition) is 3. The van der Waals surface area contributed by atoms with Gasteiger partial charge in [0, 0.05) is 31.5 Å². The Bertz CT molecular complexity index is 963. The van der Waals surface area contributed by atoms with E-state index in [2.05, 4.69) is 10.6 Å². The van der Waals surface area contributed by atoms with E-state index in [0.29, 0.717) is 0 Å². The summed E-state index contributed by atoms with van der Waals surface area (Å²) in [6, 6.07) is 2.58. The predicted molar refractivity (Wildman–Crippen MR) is 104 cm³/mol. The van der Waals surface area contributed by atoms with E-state index in [4.69, 9.17) is 4.74 Å². The number of benzene rings is 1. The maximum Gasteiger partial charge on any atom is 0.407 e. The van der Waals surface area contributed by atoms with Crippen LogP contribution < -0.4 is 16.1 Å². The molecule has 3 N–H and O–H groups in total. The van der Waals surface area contributed by atoms with Gasteiger partial charge in [0.25, 0.3) is 0 Å². The van der Waals surface area contributed by atoms with Crippen molar-refractivity contribution in [3.05, 3.63) is 39.9 Å². The van der Waals surface area contributed by atoms with Gasteiger partial charge in [0.05, 0.1) is 10.9 Å². The maximum absolute atomic E-state index is 14.4. The van der Waals surface area contributed by atoms with Crippen molar-refractivity contribution in [1.29, 1.82) is 0 Å². The van der Waals surface area contributed by atoms with Crippen LogP contribution in [0.1, 0.15) is 38.1 Å². The summed E-state index contributed by atoms with van der Waals surface area (Å²) in [6.07, 6.45) is 0.559. The van der Waals surface area contributed by atoms with Gasteiger partial charge in [-0.25, -0.2) is 14.0 Å². The summed E-state index contributed by atoms with van der Waals surface area (Å²) in [5, 5.41) is 14.8. The number of ether oxygens (including phenoxy) is 1. The summed E-state index contributed by atoms with van der Waals surface area (Å²) >= 11 is 0. The van der Waals surface area contributed by atoms with E-state index in [1.165, 1.54) is 16.7 Å². The highest BCUT2D eigenvalue weighted by molar-refractivity contribution is 5.98. The number of carboxylic acid groups (broad SMARTS) is 1. The highest BCUT2D eigenvalue weighted by Gasteiger charge is 2.19. The zero-order valence-electron chi connectivity index (χ0n) is 16.3. The molecule has 0 bridgehead atoms. The topological polar surface area (TPSA) is 110 Å². The summed E-state index contributed by atoms with van der Waals surface area (Å²) in [4.78, 5) is 35.7. The largest absolute Gasteiger partial charge is 0.477 e. The van der Waals surface area contributed by atoms with Gasteiger partial charge in [-0.15, -0.1) is 0 Å². The molecule has 0 unspecified atom stereocenters. The molecule has 1 aromatic carbocycles. The first-order valence-corrected chi connectivity index (χ1v) is 8.84. The summed E-state index contributed by atoms with van der Waals surface area (Å²) in [6.45, 7) is 7.66. The molecule has 1 heterocycles. The van der Waals surface area contributed by atoms with Crippen molar-refractivity contribution in [2.24, 2.45) is 0 Å². The molecule has 0 aliphatic heterocycles. The quantitative estimate of drug-likeness (QED) is 0.651. The van der Waals surface area contributed by atoms with Crippen LogP contribution in [0.3, 0.4) is 0 Å². The molecule has 0 spiro atoms. The van der Waals surface area contributed by atoms with E-state index >= 15 is 0 Å². The number of anilines is 1. The molecule has 0 aliphatic rings. The van der Waals surface area contributed by atoms with Crippen molar-refractivity contribution in [3.63, 3.8) is 0 Å². The van der Waals surface area contributed by atoms with E-state index in [1.54, 1.807) is 27.7 Å². The number of aromatic carboxylic acids is 1. The minimum atomic E-state index is -1.38. The second kappa shape index (κ2) is 8.28. The number of carbonyl (C=O) groups is 2. The lowest BCUT2D eigenvalue weighted by atomic mass is 10.1. The fourth-order valence-corrected chi connectivity index (χ4v) is 2.72. The van der Waals surface area contributed by atoms with Crippen LogP contribution in [0, 0.1) is 5.82 Å². The average Bonchev–Trinajstić information content (AvgIpc) is 2.58. The number of carboxylic acids is 1. The molecular weight excluding hydrogens is 369 g/mol. The first-order chi connectivity index (χ1) is 13.0. The Labute approximate surface area is 161 Å². The summed E-state index contributed by atoms with van der Waals surface area (Å²) in [5.74, 6) is -2.00. The zero-order chi connectivity index (χ0) is 21.1. The fourth-order valence-electron chi connectivity index (χ4n) is 2.72. The number of aromatic nitrogens is 1. The second-order valence-electron chi connectivity index (χ2n) is 7.14. The number of alkyl carbamates (subject to hydrolysis) is 1. The molecule has 152 valence electrons. The Balaban J connectivity index is 2.29. The second-order valence-corrected chi connectivity index (χ2v) is 7.14. The van der Waals surface area contributed by atoms with Crippen LogP contribution in [0.15, 0.2) is 23.1 Å². The van der Waals surface area contributed by atoms with E-state index < -0.39 is 34.5 Å². The third-order valence-electron chi connectivity index (χ3n) is 3.85. The van der Waals surface area contributed by atoms with Crippen LogP contribution >= 0.6 is 0 Å². The number of fused-ring (bicyclic) bond motifs is 1. The fraction of sp³-hybridized carbons (Fsp3) is 0.421. The molecule has 28 heavy (non-hydrogen) atoms. The van der Waals surface area contributed by atoms with E-state index in [1.807, 2.05) is 0 Å². The van der Waals surface area contributed by atoms with Gasteiger partial charge < -0.3 is 25.0 Å². The van der Waals surface area contributed by atoms with Gasteiger partial charge in [-0.05, 0) is 39.8 Å². The van der Waals surface area contributed by atoms with Gasteiger partial charge in [0.1, 0.15) is 17.0 Å². The van der Waals surface area contributed by atoms with E-state index in [0.717, 1.165) is 6.20 Å². The zero-order valence-corrected chi connectivity index (χ0v) is 16.3. The van der Waals surface area contributed by atoms with E-state index in [-0.39, 0.29) is 36.2 Å². The molecule has 1 amide bonds. The van der Waals surface area contributed by atoms with Gasteiger partial charge in [0.2, 0.25) is 5.43 Å². The molecule has 0 saturated heterocycles. The number of nitrogens with zero attached hydrogens (tertiary/aromatic N) is 1. The van der Waals surface area contributed by atoms with Crippen molar-refractivity contribution in [2.75, 3.05) is 18.4 Å². The van der Waals surface area contributed by atoms with Crippen molar-refractivity contribution in [3.8, 4) is 0 Å². The summed E-state index contributed by atoms with van der Waals surface area (Å²) < 4.78 is 20.9. The molecule has 2 rings (SSSR count). The Hall–Kier alpha value is -3.10. The number of halogens is 1. The van der Waals surface area contributed by atoms with Crippen molar-refractivity contribution >= 4 is 28.7 Å². The van der Waals surface area contributed by atoms with Gasteiger partial charge in [-0.1, -0.05) is 0 Å². The smallest absolute Gasteiger partial charge is 0.407 e. The molecule has 0 saturated carbocycles. The number of aryl methyl sites for hydroxylation is 1. The Morgan fingerprint density at radius 2 is 1.93 bits per heavy atom. The van der Waals surface area contributed by atoms with Crippen LogP contribution in [-0.4, -0.2) is 40.4 Å².